The third-order valence-electron chi connectivity index (χ3n) is 2.85. The van der Waals surface area contributed by atoms with Gasteiger partial charge in [0.05, 0.1) is 0 Å². The molecule has 0 saturated heterocycles. The highest BCUT2D eigenvalue weighted by atomic mass is 14.9. The molecule has 1 unspecified atom stereocenters. The number of aromatic nitrogens is 1. The van der Waals surface area contributed by atoms with E-state index in [1.807, 2.05) is 36.4 Å². The van der Waals surface area contributed by atoms with Gasteiger partial charge in [-0.1, -0.05) is 30.3 Å². The third-order valence-corrected chi connectivity index (χ3v) is 2.85. The second-order valence-electron chi connectivity index (χ2n) is 4.17. The molecule has 3 heteroatoms. The summed E-state index contributed by atoms with van der Waals surface area (Å²) in [7, 11) is 0. The molecular formula is C15H15N3. The molecule has 0 bridgehead atoms. The molecule has 0 amide bonds. The number of nitriles is 1. The van der Waals surface area contributed by atoms with Crippen LogP contribution in [-0.4, -0.2) is 4.98 Å². The summed E-state index contributed by atoms with van der Waals surface area (Å²) in [6.07, 6.45) is 1.67. The first-order chi connectivity index (χ1) is 8.79. The summed E-state index contributed by atoms with van der Waals surface area (Å²) in [4.78, 5) is 3.95. The molecule has 1 heterocycles. The monoisotopic (exact) mass is 237 g/mol. The molecule has 2 aromatic rings. The van der Waals surface area contributed by atoms with Gasteiger partial charge in [0, 0.05) is 18.8 Å². The van der Waals surface area contributed by atoms with Crippen LogP contribution in [0.5, 0.6) is 0 Å². The van der Waals surface area contributed by atoms with Crippen LogP contribution in [0.3, 0.4) is 0 Å². The molecule has 0 saturated carbocycles. The zero-order chi connectivity index (χ0) is 12.8. The Hall–Kier alpha value is -2.18. The van der Waals surface area contributed by atoms with Gasteiger partial charge in [-0.3, -0.25) is 0 Å². The molecule has 18 heavy (non-hydrogen) atoms. The molecule has 1 aromatic carbocycles. The van der Waals surface area contributed by atoms with E-state index in [-0.39, 0.29) is 6.04 Å². The van der Waals surface area contributed by atoms with Crippen LogP contribution in [0.25, 0.3) is 0 Å². The van der Waals surface area contributed by atoms with E-state index in [1.54, 1.807) is 6.20 Å². The third kappa shape index (κ3) is 3.16. The summed E-state index contributed by atoms with van der Waals surface area (Å²) in [5.74, 6) is 0. The maximum absolute atomic E-state index is 8.78. The summed E-state index contributed by atoms with van der Waals surface area (Å²) in [5, 5.41) is 12.2. The van der Waals surface area contributed by atoms with Crippen LogP contribution in [0.1, 0.15) is 29.8 Å². The Morgan fingerprint density at radius 1 is 1.28 bits per heavy atom. The second kappa shape index (κ2) is 5.95. The van der Waals surface area contributed by atoms with Gasteiger partial charge in [-0.25, -0.2) is 4.98 Å². The summed E-state index contributed by atoms with van der Waals surface area (Å²) in [6.45, 7) is 2.86. The molecule has 90 valence electrons. The van der Waals surface area contributed by atoms with Gasteiger partial charge in [-0.15, -0.1) is 0 Å². The highest BCUT2D eigenvalue weighted by molar-refractivity contribution is 5.25. The Balaban J connectivity index is 1.97. The topological polar surface area (TPSA) is 48.7 Å². The van der Waals surface area contributed by atoms with E-state index in [9.17, 15) is 0 Å². The van der Waals surface area contributed by atoms with E-state index >= 15 is 0 Å². The van der Waals surface area contributed by atoms with Gasteiger partial charge in [0.25, 0.3) is 0 Å². The number of hydrogen-bond donors (Lipinski definition) is 1. The van der Waals surface area contributed by atoms with Crippen LogP contribution in [-0.2, 0) is 6.54 Å². The molecule has 0 aliphatic heterocycles. The van der Waals surface area contributed by atoms with Gasteiger partial charge in [0.15, 0.2) is 0 Å². The summed E-state index contributed by atoms with van der Waals surface area (Å²) in [6, 6.07) is 16.3. The normalized spacial score (nSPS) is 11.8. The van der Waals surface area contributed by atoms with Crippen LogP contribution >= 0.6 is 0 Å². The molecule has 0 spiro atoms. The standard InChI is InChI=1S/C15H15N3/c1-12(14-5-3-2-4-6-14)18-11-13-7-8-17-15(9-13)10-16/h2-9,12,18H,11H2,1H3. The average Bonchev–Trinajstić information content (AvgIpc) is 2.46. The van der Waals surface area contributed by atoms with Crippen molar-refractivity contribution in [3.05, 3.63) is 65.5 Å². The first-order valence-electron chi connectivity index (χ1n) is 5.93. The van der Waals surface area contributed by atoms with Crippen molar-refractivity contribution < 1.29 is 0 Å². The van der Waals surface area contributed by atoms with Crippen molar-refractivity contribution in [2.45, 2.75) is 19.5 Å². The van der Waals surface area contributed by atoms with Crippen LogP contribution in [0.4, 0.5) is 0 Å². The molecule has 0 fully saturated rings. The van der Waals surface area contributed by atoms with Gasteiger partial charge >= 0.3 is 0 Å². The molecule has 1 N–H and O–H groups in total. The Bertz CT molecular complexity index is 543. The predicted molar refractivity (Wildman–Crippen MR) is 70.6 cm³/mol. The Morgan fingerprint density at radius 2 is 2.06 bits per heavy atom. The van der Waals surface area contributed by atoms with Gasteiger partial charge in [0.1, 0.15) is 11.8 Å². The van der Waals surface area contributed by atoms with Crippen molar-refractivity contribution in [2.24, 2.45) is 0 Å². The van der Waals surface area contributed by atoms with Crippen LogP contribution in [0.2, 0.25) is 0 Å². The van der Waals surface area contributed by atoms with Crippen LogP contribution < -0.4 is 5.32 Å². The maximum Gasteiger partial charge on any atom is 0.140 e. The fraction of sp³-hybridized carbons (Fsp3) is 0.200. The highest BCUT2D eigenvalue weighted by Crippen LogP contribution is 2.12. The molecule has 3 nitrogen and oxygen atoms in total. The lowest BCUT2D eigenvalue weighted by atomic mass is 10.1. The Kier molecular flexibility index (Phi) is 4.06. The fourth-order valence-corrected chi connectivity index (χ4v) is 1.78. The lowest BCUT2D eigenvalue weighted by molar-refractivity contribution is 0.574. The lowest BCUT2D eigenvalue weighted by Gasteiger charge is -2.14. The molecule has 0 aliphatic carbocycles. The predicted octanol–water partition coefficient (Wildman–Crippen LogP) is 2.80. The zero-order valence-corrected chi connectivity index (χ0v) is 10.3. The van der Waals surface area contributed by atoms with E-state index < -0.39 is 0 Å². The molecule has 1 atom stereocenters. The SMILES string of the molecule is CC(NCc1ccnc(C#N)c1)c1ccccc1. The Morgan fingerprint density at radius 3 is 2.78 bits per heavy atom. The number of benzene rings is 1. The molecule has 2 rings (SSSR count). The average molecular weight is 237 g/mol. The van der Waals surface area contributed by atoms with E-state index in [1.165, 1.54) is 5.56 Å². The van der Waals surface area contributed by atoms with Crippen LogP contribution in [0, 0.1) is 11.3 Å². The Labute approximate surface area is 107 Å². The molecule has 1 aromatic heterocycles. The summed E-state index contributed by atoms with van der Waals surface area (Å²) >= 11 is 0. The fourth-order valence-electron chi connectivity index (χ4n) is 1.78. The minimum absolute atomic E-state index is 0.282. The first-order valence-corrected chi connectivity index (χ1v) is 5.93. The largest absolute Gasteiger partial charge is 0.306 e. The number of rotatable bonds is 4. The quantitative estimate of drug-likeness (QED) is 0.889. The lowest BCUT2D eigenvalue weighted by Crippen LogP contribution is -2.18. The number of nitrogens with one attached hydrogen (secondary N) is 1. The number of hydrogen-bond acceptors (Lipinski definition) is 3. The van der Waals surface area contributed by atoms with E-state index in [4.69, 9.17) is 5.26 Å². The number of pyridine rings is 1. The minimum atomic E-state index is 0.282. The molecular weight excluding hydrogens is 222 g/mol. The van der Waals surface area contributed by atoms with Gasteiger partial charge in [-0.2, -0.15) is 5.26 Å². The van der Waals surface area contributed by atoms with Crippen molar-refractivity contribution in [1.82, 2.24) is 10.3 Å². The van der Waals surface area contributed by atoms with Gasteiger partial charge < -0.3 is 5.32 Å². The second-order valence-corrected chi connectivity index (χ2v) is 4.17. The minimum Gasteiger partial charge on any atom is -0.306 e. The summed E-state index contributed by atoms with van der Waals surface area (Å²) in [5.41, 5.74) is 2.79. The van der Waals surface area contributed by atoms with E-state index in [0.29, 0.717) is 5.69 Å². The summed E-state index contributed by atoms with van der Waals surface area (Å²) < 4.78 is 0. The van der Waals surface area contributed by atoms with E-state index in [0.717, 1.165) is 12.1 Å². The van der Waals surface area contributed by atoms with Crippen molar-refractivity contribution >= 4 is 0 Å². The van der Waals surface area contributed by atoms with Gasteiger partial charge in [-0.05, 0) is 30.2 Å². The first kappa shape index (κ1) is 12.3. The van der Waals surface area contributed by atoms with Crippen LogP contribution in [0.15, 0.2) is 48.7 Å². The smallest absolute Gasteiger partial charge is 0.140 e. The van der Waals surface area contributed by atoms with Gasteiger partial charge in [0.2, 0.25) is 0 Å². The maximum atomic E-state index is 8.78. The van der Waals surface area contributed by atoms with Crippen molar-refractivity contribution in [1.29, 1.82) is 5.26 Å². The van der Waals surface area contributed by atoms with Crippen molar-refractivity contribution in [3.63, 3.8) is 0 Å². The van der Waals surface area contributed by atoms with E-state index in [2.05, 4.69) is 29.4 Å². The molecule has 0 radical (unpaired) electrons. The number of nitrogens with zero attached hydrogens (tertiary/aromatic N) is 2. The molecule has 0 aliphatic rings. The van der Waals surface area contributed by atoms with Crippen molar-refractivity contribution in [2.75, 3.05) is 0 Å². The zero-order valence-electron chi connectivity index (χ0n) is 10.3. The van der Waals surface area contributed by atoms with Crippen molar-refractivity contribution in [3.8, 4) is 6.07 Å². The highest BCUT2D eigenvalue weighted by Gasteiger charge is 2.04.